The van der Waals surface area contributed by atoms with Crippen LogP contribution in [-0.2, 0) is 4.79 Å². The Morgan fingerprint density at radius 3 is 2.77 bits per heavy atom. The molecule has 0 aliphatic carbocycles. The molecule has 76 valence electrons. The first-order valence-corrected chi connectivity index (χ1v) is 4.76. The summed E-state index contributed by atoms with van der Waals surface area (Å²) in [5, 5.41) is 17.8. The normalized spacial score (nSPS) is 26.2. The minimum Gasteiger partial charge on any atom is -0.480 e. The molecule has 4 heteroatoms. The van der Waals surface area contributed by atoms with Crippen molar-refractivity contribution in [3.8, 4) is 0 Å². The fourth-order valence-electron chi connectivity index (χ4n) is 1.88. The lowest BCUT2D eigenvalue weighted by atomic mass is 10.1. The Balaban J connectivity index is 2.48. The summed E-state index contributed by atoms with van der Waals surface area (Å²) in [7, 11) is 0. The van der Waals surface area contributed by atoms with Crippen LogP contribution in [0.1, 0.15) is 19.8 Å². The number of hydrogen-bond acceptors (Lipinski definition) is 3. The average Bonchev–Trinajstić information content (AvgIpc) is 2.53. The van der Waals surface area contributed by atoms with E-state index in [0.717, 1.165) is 19.5 Å². The van der Waals surface area contributed by atoms with Gasteiger partial charge in [-0.1, -0.05) is 6.92 Å². The van der Waals surface area contributed by atoms with Crippen LogP contribution in [0.4, 0.5) is 0 Å². The Kier molecular flexibility index (Phi) is 3.69. The molecule has 0 aromatic carbocycles. The van der Waals surface area contributed by atoms with Gasteiger partial charge in [-0.15, -0.1) is 0 Å². The SMILES string of the molecule is CCC(C(=O)O)N1CCC(CO)C1. The fraction of sp³-hybridized carbons (Fsp3) is 0.889. The third-order valence-corrected chi connectivity index (χ3v) is 2.69. The van der Waals surface area contributed by atoms with Crippen LogP contribution in [0.2, 0.25) is 0 Å². The van der Waals surface area contributed by atoms with Crippen LogP contribution in [0.25, 0.3) is 0 Å². The number of aliphatic hydroxyl groups is 1. The van der Waals surface area contributed by atoms with E-state index < -0.39 is 5.97 Å². The lowest BCUT2D eigenvalue weighted by molar-refractivity contribution is -0.143. The van der Waals surface area contributed by atoms with Crippen molar-refractivity contribution in [1.29, 1.82) is 0 Å². The maximum absolute atomic E-state index is 10.8. The number of nitrogens with zero attached hydrogens (tertiary/aromatic N) is 1. The van der Waals surface area contributed by atoms with Gasteiger partial charge in [-0.2, -0.15) is 0 Å². The van der Waals surface area contributed by atoms with Gasteiger partial charge in [0.15, 0.2) is 0 Å². The van der Waals surface area contributed by atoms with E-state index in [1.165, 1.54) is 0 Å². The zero-order valence-corrected chi connectivity index (χ0v) is 7.94. The van der Waals surface area contributed by atoms with Crippen LogP contribution >= 0.6 is 0 Å². The molecule has 0 aromatic heterocycles. The Morgan fingerprint density at radius 1 is 1.69 bits per heavy atom. The first-order valence-electron chi connectivity index (χ1n) is 4.76. The second-order valence-corrected chi connectivity index (χ2v) is 3.59. The summed E-state index contributed by atoms with van der Waals surface area (Å²) in [6.07, 6.45) is 1.55. The molecule has 4 nitrogen and oxygen atoms in total. The molecule has 2 atom stereocenters. The lowest BCUT2D eigenvalue weighted by Gasteiger charge is -2.22. The van der Waals surface area contributed by atoms with Crippen molar-refractivity contribution >= 4 is 5.97 Å². The molecular formula is C9H17NO3. The molecule has 1 rings (SSSR count). The van der Waals surface area contributed by atoms with Crippen molar-refractivity contribution in [2.45, 2.75) is 25.8 Å². The number of carbonyl (C=O) groups is 1. The minimum absolute atomic E-state index is 0.173. The Bertz CT molecular complexity index is 184. The number of rotatable bonds is 4. The molecule has 0 radical (unpaired) electrons. The van der Waals surface area contributed by atoms with Crippen molar-refractivity contribution in [2.24, 2.45) is 5.92 Å². The largest absolute Gasteiger partial charge is 0.480 e. The molecule has 0 spiro atoms. The van der Waals surface area contributed by atoms with Gasteiger partial charge in [-0.3, -0.25) is 9.69 Å². The minimum atomic E-state index is -0.749. The maximum atomic E-state index is 10.8. The summed E-state index contributed by atoms with van der Waals surface area (Å²) >= 11 is 0. The highest BCUT2D eigenvalue weighted by atomic mass is 16.4. The molecule has 1 aliphatic heterocycles. The summed E-state index contributed by atoms with van der Waals surface area (Å²) < 4.78 is 0. The zero-order chi connectivity index (χ0) is 9.84. The monoisotopic (exact) mass is 187 g/mol. The highest BCUT2D eigenvalue weighted by Gasteiger charge is 2.30. The summed E-state index contributed by atoms with van der Waals surface area (Å²) in [6.45, 7) is 3.58. The number of aliphatic hydroxyl groups excluding tert-OH is 1. The summed E-state index contributed by atoms with van der Waals surface area (Å²) in [4.78, 5) is 12.8. The second kappa shape index (κ2) is 4.58. The van der Waals surface area contributed by atoms with Gasteiger partial charge in [0, 0.05) is 13.2 Å². The van der Waals surface area contributed by atoms with Crippen molar-refractivity contribution in [3.05, 3.63) is 0 Å². The van der Waals surface area contributed by atoms with Crippen molar-refractivity contribution < 1.29 is 15.0 Å². The molecule has 0 saturated carbocycles. The molecule has 2 N–H and O–H groups in total. The van der Waals surface area contributed by atoms with Crippen molar-refractivity contribution in [3.63, 3.8) is 0 Å². The van der Waals surface area contributed by atoms with E-state index in [1.54, 1.807) is 0 Å². The van der Waals surface area contributed by atoms with Gasteiger partial charge in [-0.05, 0) is 25.3 Å². The Morgan fingerprint density at radius 2 is 2.38 bits per heavy atom. The molecule has 13 heavy (non-hydrogen) atoms. The van der Waals surface area contributed by atoms with Crippen LogP contribution in [0.15, 0.2) is 0 Å². The van der Waals surface area contributed by atoms with Crippen LogP contribution in [0.5, 0.6) is 0 Å². The zero-order valence-electron chi connectivity index (χ0n) is 7.94. The smallest absolute Gasteiger partial charge is 0.320 e. The molecule has 0 amide bonds. The van der Waals surface area contributed by atoms with E-state index in [9.17, 15) is 4.79 Å². The molecule has 1 fully saturated rings. The molecule has 1 heterocycles. The molecule has 0 bridgehead atoms. The van der Waals surface area contributed by atoms with E-state index in [0.29, 0.717) is 6.42 Å². The van der Waals surface area contributed by atoms with E-state index in [1.807, 2.05) is 11.8 Å². The summed E-state index contributed by atoms with van der Waals surface area (Å²) in [5.41, 5.74) is 0. The van der Waals surface area contributed by atoms with E-state index in [4.69, 9.17) is 10.2 Å². The Hall–Kier alpha value is -0.610. The third kappa shape index (κ3) is 2.42. The topological polar surface area (TPSA) is 60.8 Å². The molecule has 0 aromatic rings. The van der Waals surface area contributed by atoms with Gasteiger partial charge in [0.05, 0.1) is 0 Å². The van der Waals surface area contributed by atoms with Crippen LogP contribution in [0, 0.1) is 5.92 Å². The van der Waals surface area contributed by atoms with Crippen LogP contribution in [-0.4, -0.2) is 46.8 Å². The average molecular weight is 187 g/mol. The van der Waals surface area contributed by atoms with Gasteiger partial charge < -0.3 is 10.2 Å². The van der Waals surface area contributed by atoms with Crippen molar-refractivity contribution in [1.82, 2.24) is 4.90 Å². The number of carboxylic acid groups (broad SMARTS) is 1. The highest BCUT2D eigenvalue weighted by molar-refractivity contribution is 5.73. The van der Waals surface area contributed by atoms with Gasteiger partial charge in [0.25, 0.3) is 0 Å². The van der Waals surface area contributed by atoms with Crippen molar-refractivity contribution in [2.75, 3.05) is 19.7 Å². The summed E-state index contributed by atoms with van der Waals surface area (Å²) in [6, 6.07) is -0.364. The molecule has 1 aliphatic rings. The van der Waals surface area contributed by atoms with Gasteiger partial charge in [0.1, 0.15) is 6.04 Å². The lowest BCUT2D eigenvalue weighted by Crippen LogP contribution is -2.39. The van der Waals surface area contributed by atoms with E-state index in [-0.39, 0.29) is 18.6 Å². The number of aliphatic carboxylic acids is 1. The number of carboxylic acids is 1. The number of likely N-dealkylation sites (tertiary alicyclic amines) is 1. The standard InChI is InChI=1S/C9H17NO3/c1-2-8(9(12)13)10-4-3-7(5-10)6-11/h7-8,11H,2-6H2,1H3,(H,12,13). The number of hydrogen-bond donors (Lipinski definition) is 2. The van der Waals surface area contributed by atoms with E-state index >= 15 is 0 Å². The molecular weight excluding hydrogens is 170 g/mol. The second-order valence-electron chi connectivity index (χ2n) is 3.59. The quantitative estimate of drug-likeness (QED) is 0.658. The molecule has 2 unspecified atom stereocenters. The van der Waals surface area contributed by atoms with E-state index in [2.05, 4.69) is 0 Å². The fourth-order valence-corrected chi connectivity index (χ4v) is 1.88. The third-order valence-electron chi connectivity index (χ3n) is 2.69. The van der Waals surface area contributed by atoms with Gasteiger partial charge >= 0.3 is 5.97 Å². The first kappa shape index (κ1) is 10.5. The van der Waals surface area contributed by atoms with Crippen LogP contribution < -0.4 is 0 Å². The predicted octanol–water partition coefficient (Wildman–Crippen LogP) is 0.164. The summed E-state index contributed by atoms with van der Waals surface area (Å²) in [5.74, 6) is -0.477. The maximum Gasteiger partial charge on any atom is 0.320 e. The van der Waals surface area contributed by atoms with Gasteiger partial charge in [0.2, 0.25) is 0 Å². The Labute approximate surface area is 78.2 Å². The highest BCUT2D eigenvalue weighted by Crippen LogP contribution is 2.19. The van der Waals surface area contributed by atoms with Gasteiger partial charge in [-0.25, -0.2) is 0 Å². The molecule has 1 saturated heterocycles. The first-order chi connectivity index (χ1) is 6.19. The predicted molar refractivity (Wildman–Crippen MR) is 48.5 cm³/mol. The van der Waals surface area contributed by atoms with Crippen LogP contribution in [0.3, 0.4) is 0 Å².